The lowest BCUT2D eigenvalue weighted by molar-refractivity contribution is -0.124. The van der Waals surface area contributed by atoms with Crippen molar-refractivity contribution in [2.24, 2.45) is 0 Å². The zero-order valence-electron chi connectivity index (χ0n) is 8.26. The molecule has 0 unspecified atom stereocenters. The second kappa shape index (κ2) is 9.44. The maximum absolute atomic E-state index is 10.8. The average molecular weight is 190 g/mol. The number of hydrogen-bond donors (Lipinski definition) is 2. The molecule has 0 aliphatic heterocycles. The van der Waals surface area contributed by atoms with Crippen molar-refractivity contribution in [1.29, 1.82) is 0 Å². The van der Waals surface area contributed by atoms with Gasteiger partial charge in [-0.25, -0.2) is 0 Å². The minimum Gasteiger partial charge on any atom is -0.378 e. The van der Waals surface area contributed by atoms with Gasteiger partial charge in [0.25, 0.3) is 0 Å². The van der Waals surface area contributed by atoms with Gasteiger partial charge in [0.05, 0.1) is 13.2 Å². The predicted molar refractivity (Wildman–Crippen MR) is 49.6 cm³/mol. The largest absolute Gasteiger partial charge is 0.378 e. The van der Waals surface area contributed by atoms with Crippen LogP contribution in [0.2, 0.25) is 0 Å². The number of carbonyl (C=O) groups is 1. The van der Waals surface area contributed by atoms with Crippen molar-refractivity contribution in [3.8, 4) is 0 Å². The van der Waals surface area contributed by atoms with Crippen LogP contribution in [0.15, 0.2) is 0 Å². The molecule has 0 aromatic rings. The molecule has 0 bridgehead atoms. The highest BCUT2D eigenvalue weighted by molar-refractivity contribution is 5.77. The van der Waals surface area contributed by atoms with Crippen molar-refractivity contribution >= 4 is 5.91 Å². The molecule has 0 aromatic heterocycles. The monoisotopic (exact) mass is 190 g/mol. The molecule has 5 heteroatoms. The molecular weight excluding hydrogens is 172 g/mol. The minimum atomic E-state index is -0.111. The first-order valence-electron chi connectivity index (χ1n) is 4.29. The highest BCUT2D eigenvalue weighted by Crippen LogP contribution is 1.73. The zero-order chi connectivity index (χ0) is 9.94. The molecule has 1 amide bonds. The Labute approximate surface area is 78.8 Å². The summed E-state index contributed by atoms with van der Waals surface area (Å²) in [6.45, 7) is 2.67. The smallest absolute Gasteiger partial charge is 0.246 e. The Hall–Kier alpha value is -0.650. The molecule has 5 nitrogen and oxygen atoms in total. The second-order valence-corrected chi connectivity index (χ2v) is 2.50. The van der Waals surface area contributed by atoms with E-state index in [9.17, 15) is 4.79 Å². The molecule has 0 atom stereocenters. The number of rotatable bonds is 8. The summed E-state index contributed by atoms with van der Waals surface area (Å²) in [5.41, 5.74) is 0. The van der Waals surface area contributed by atoms with Crippen LogP contribution < -0.4 is 10.6 Å². The molecule has 78 valence electrons. The van der Waals surface area contributed by atoms with E-state index < -0.39 is 0 Å². The molecule has 0 fully saturated rings. The van der Waals surface area contributed by atoms with Gasteiger partial charge in [0.2, 0.25) is 5.91 Å². The van der Waals surface area contributed by atoms with Crippen molar-refractivity contribution in [2.45, 2.75) is 0 Å². The first-order chi connectivity index (χ1) is 6.31. The van der Waals surface area contributed by atoms with Crippen LogP contribution >= 0.6 is 0 Å². The lowest BCUT2D eigenvalue weighted by Gasteiger charge is -2.05. The third kappa shape index (κ3) is 9.26. The molecule has 2 N–H and O–H groups in total. The Morgan fingerprint density at radius 1 is 1.31 bits per heavy atom. The SMILES string of the molecule is CNCCOCCNC(=O)COC. The van der Waals surface area contributed by atoms with Crippen molar-refractivity contribution in [3.63, 3.8) is 0 Å². The molecule has 0 aromatic carbocycles. The third-order valence-electron chi connectivity index (χ3n) is 1.34. The van der Waals surface area contributed by atoms with Gasteiger partial charge in [0.1, 0.15) is 6.61 Å². The Morgan fingerprint density at radius 3 is 2.62 bits per heavy atom. The van der Waals surface area contributed by atoms with E-state index in [1.54, 1.807) is 0 Å². The first kappa shape index (κ1) is 12.3. The first-order valence-corrected chi connectivity index (χ1v) is 4.29. The quantitative estimate of drug-likeness (QED) is 0.481. The van der Waals surface area contributed by atoms with E-state index in [0.717, 1.165) is 6.54 Å². The van der Waals surface area contributed by atoms with Crippen molar-refractivity contribution in [2.75, 3.05) is 47.1 Å². The average Bonchev–Trinajstić information content (AvgIpc) is 2.11. The van der Waals surface area contributed by atoms with Gasteiger partial charge in [0.15, 0.2) is 0 Å². The fourth-order valence-electron chi connectivity index (χ4n) is 0.721. The Balaban J connectivity index is 3.02. The second-order valence-electron chi connectivity index (χ2n) is 2.50. The minimum absolute atomic E-state index is 0.108. The summed E-state index contributed by atoms with van der Waals surface area (Å²) in [4.78, 5) is 10.8. The predicted octanol–water partition coefficient (Wildman–Crippen LogP) is -1.01. The fourth-order valence-corrected chi connectivity index (χ4v) is 0.721. The number of likely N-dealkylation sites (N-methyl/N-ethyl adjacent to an activating group) is 1. The van der Waals surface area contributed by atoms with Crippen molar-refractivity contribution in [3.05, 3.63) is 0 Å². The van der Waals surface area contributed by atoms with Crippen LogP contribution in [-0.4, -0.2) is 53.0 Å². The topological polar surface area (TPSA) is 59.6 Å². The molecule has 0 aliphatic rings. The molecule has 0 spiro atoms. The Morgan fingerprint density at radius 2 is 2.00 bits per heavy atom. The van der Waals surface area contributed by atoms with Gasteiger partial charge in [0, 0.05) is 20.2 Å². The Bertz CT molecular complexity index is 131. The molecule has 13 heavy (non-hydrogen) atoms. The van der Waals surface area contributed by atoms with Crippen LogP contribution in [0.3, 0.4) is 0 Å². The van der Waals surface area contributed by atoms with Crippen LogP contribution in [0.25, 0.3) is 0 Å². The third-order valence-corrected chi connectivity index (χ3v) is 1.34. The number of methoxy groups -OCH3 is 1. The maximum Gasteiger partial charge on any atom is 0.246 e. The van der Waals surface area contributed by atoms with Gasteiger partial charge in [-0.15, -0.1) is 0 Å². The van der Waals surface area contributed by atoms with Crippen LogP contribution in [-0.2, 0) is 14.3 Å². The Kier molecular flexibility index (Phi) is 8.97. The number of hydrogen-bond acceptors (Lipinski definition) is 4. The molecule has 0 saturated heterocycles. The number of nitrogens with one attached hydrogen (secondary N) is 2. The van der Waals surface area contributed by atoms with E-state index >= 15 is 0 Å². The highest BCUT2D eigenvalue weighted by Gasteiger charge is 1.97. The molecule has 0 heterocycles. The summed E-state index contributed by atoms with van der Waals surface area (Å²) < 4.78 is 9.82. The number of carbonyl (C=O) groups excluding carboxylic acids is 1. The maximum atomic E-state index is 10.8. The highest BCUT2D eigenvalue weighted by atomic mass is 16.5. The molecule has 0 saturated carbocycles. The molecule has 0 radical (unpaired) electrons. The van der Waals surface area contributed by atoms with E-state index in [2.05, 4.69) is 15.4 Å². The van der Waals surface area contributed by atoms with Crippen LogP contribution in [0.5, 0.6) is 0 Å². The summed E-state index contributed by atoms with van der Waals surface area (Å²) in [6.07, 6.45) is 0. The lowest BCUT2D eigenvalue weighted by atomic mass is 10.6. The van der Waals surface area contributed by atoms with Gasteiger partial charge in [-0.1, -0.05) is 0 Å². The summed E-state index contributed by atoms with van der Waals surface area (Å²) in [6, 6.07) is 0. The van der Waals surface area contributed by atoms with Gasteiger partial charge in [-0.05, 0) is 7.05 Å². The van der Waals surface area contributed by atoms with E-state index in [1.807, 2.05) is 7.05 Å². The summed E-state index contributed by atoms with van der Waals surface area (Å²) in [7, 11) is 3.35. The van der Waals surface area contributed by atoms with Crippen molar-refractivity contribution < 1.29 is 14.3 Å². The van der Waals surface area contributed by atoms with Gasteiger partial charge in [-0.2, -0.15) is 0 Å². The van der Waals surface area contributed by atoms with E-state index in [-0.39, 0.29) is 12.5 Å². The number of ether oxygens (including phenoxy) is 2. The van der Waals surface area contributed by atoms with Gasteiger partial charge in [-0.3, -0.25) is 4.79 Å². The van der Waals surface area contributed by atoms with E-state index in [4.69, 9.17) is 4.74 Å². The van der Waals surface area contributed by atoms with Crippen LogP contribution in [0.4, 0.5) is 0 Å². The zero-order valence-corrected chi connectivity index (χ0v) is 8.26. The summed E-state index contributed by atoms with van der Waals surface area (Å²) in [5.74, 6) is -0.111. The van der Waals surface area contributed by atoms with Crippen LogP contribution in [0.1, 0.15) is 0 Å². The fraction of sp³-hybridized carbons (Fsp3) is 0.875. The van der Waals surface area contributed by atoms with Crippen LogP contribution in [0, 0.1) is 0 Å². The summed E-state index contributed by atoms with van der Waals surface area (Å²) in [5, 5.41) is 5.61. The van der Waals surface area contributed by atoms with Gasteiger partial charge >= 0.3 is 0 Å². The normalized spacial score (nSPS) is 10.0. The molecule has 0 aliphatic carbocycles. The summed E-state index contributed by atoms with van der Waals surface area (Å²) >= 11 is 0. The van der Waals surface area contributed by atoms with Gasteiger partial charge < -0.3 is 20.1 Å². The number of amides is 1. The van der Waals surface area contributed by atoms with E-state index in [0.29, 0.717) is 19.8 Å². The standard InChI is InChI=1S/C8H18N2O3/c1-9-3-5-13-6-4-10-8(11)7-12-2/h9H,3-7H2,1-2H3,(H,10,11). The lowest BCUT2D eigenvalue weighted by Crippen LogP contribution is -2.30. The van der Waals surface area contributed by atoms with Crippen molar-refractivity contribution in [1.82, 2.24) is 10.6 Å². The molecular formula is C8H18N2O3. The molecule has 0 rings (SSSR count). The van der Waals surface area contributed by atoms with E-state index in [1.165, 1.54) is 7.11 Å².